The maximum absolute atomic E-state index is 13.1. The van der Waals surface area contributed by atoms with E-state index in [1.54, 1.807) is 24.5 Å². The summed E-state index contributed by atoms with van der Waals surface area (Å²) in [7, 11) is 0. The number of Topliss-reactive ketones (excluding diaryl/α,β-unsaturated/α-hetero) is 1. The van der Waals surface area contributed by atoms with E-state index in [9.17, 15) is 14.0 Å². The third-order valence-electron chi connectivity index (χ3n) is 4.37. The second kappa shape index (κ2) is 8.52. The molecule has 0 fully saturated rings. The van der Waals surface area contributed by atoms with Crippen molar-refractivity contribution >= 4 is 17.8 Å². The number of ketones is 1. The van der Waals surface area contributed by atoms with E-state index in [0.29, 0.717) is 17.7 Å². The van der Waals surface area contributed by atoms with Crippen LogP contribution >= 0.6 is 0 Å². The van der Waals surface area contributed by atoms with Gasteiger partial charge < -0.3 is 13.7 Å². The molecule has 1 aromatic carbocycles. The molecule has 0 saturated heterocycles. The third-order valence-corrected chi connectivity index (χ3v) is 4.37. The van der Waals surface area contributed by atoms with Gasteiger partial charge in [0.2, 0.25) is 5.78 Å². The highest BCUT2D eigenvalue weighted by Crippen LogP contribution is 2.18. The number of carbonyl (C=O) groups is 2. The molecule has 2 aromatic heterocycles. The highest BCUT2D eigenvalue weighted by Gasteiger charge is 2.17. The van der Waals surface area contributed by atoms with E-state index in [1.807, 2.05) is 30.5 Å². The Kier molecular flexibility index (Phi) is 5.89. The number of aryl methyl sites for hydroxylation is 1. The summed E-state index contributed by atoms with van der Waals surface area (Å²) in [4.78, 5) is 24.3. The number of hydrogen-bond acceptors (Lipinski definition) is 4. The van der Waals surface area contributed by atoms with Crippen molar-refractivity contribution in [3.8, 4) is 0 Å². The number of aromatic nitrogens is 1. The van der Waals surface area contributed by atoms with Crippen molar-refractivity contribution in [1.82, 2.24) is 4.57 Å². The van der Waals surface area contributed by atoms with Crippen LogP contribution in [0.5, 0.6) is 0 Å². The van der Waals surface area contributed by atoms with Gasteiger partial charge in [0, 0.05) is 23.0 Å². The van der Waals surface area contributed by atoms with Gasteiger partial charge in [0.05, 0.1) is 12.8 Å². The summed E-state index contributed by atoms with van der Waals surface area (Å²) in [5.41, 5.74) is 2.73. The van der Waals surface area contributed by atoms with E-state index in [1.165, 1.54) is 24.3 Å². The van der Waals surface area contributed by atoms with Crippen LogP contribution in [0.2, 0.25) is 0 Å². The summed E-state index contributed by atoms with van der Waals surface area (Å²) in [6.07, 6.45) is 4.21. The Bertz CT molecular complexity index is 1020. The van der Waals surface area contributed by atoms with Gasteiger partial charge in [-0.05, 0) is 55.8 Å². The molecular weight excluding hydrogens is 361 g/mol. The van der Waals surface area contributed by atoms with E-state index in [0.717, 1.165) is 17.1 Å². The average Bonchev–Trinajstić information content (AvgIpc) is 3.28. The summed E-state index contributed by atoms with van der Waals surface area (Å²) in [5, 5.41) is 0. The number of carbonyl (C=O) groups excluding carboxylic acids is 2. The molecule has 0 spiro atoms. The molecule has 0 atom stereocenters. The van der Waals surface area contributed by atoms with Crippen LogP contribution in [-0.2, 0) is 16.1 Å². The van der Waals surface area contributed by atoms with Crippen LogP contribution < -0.4 is 0 Å². The lowest BCUT2D eigenvalue weighted by atomic mass is 10.1. The number of ether oxygens (including phenoxy) is 1. The summed E-state index contributed by atoms with van der Waals surface area (Å²) >= 11 is 0. The van der Waals surface area contributed by atoms with E-state index in [4.69, 9.17) is 9.15 Å². The van der Waals surface area contributed by atoms with Crippen molar-refractivity contribution in [3.63, 3.8) is 0 Å². The Labute approximate surface area is 162 Å². The van der Waals surface area contributed by atoms with E-state index < -0.39 is 11.8 Å². The van der Waals surface area contributed by atoms with Crippen LogP contribution in [0, 0.1) is 19.7 Å². The van der Waals surface area contributed by atoms with E-state index in [-0.39, 0.29) is 12.4 Å². The topological polar surface area (TPSA) is 61.4 Å². The number of hydrogen-bond donors (Lipinski definition) is 0. The lowest BCUT2D eigenvalue weighted by Gasteiger charge is -2.08. The van der Waals surface area contributed by atoms with Crippen molar-refractivity contribution in [2.45, 2.75) is 20.4 Å². The molecule has 0 radical (unpaired) electrons. The second-order valence-electron chi connectivity index (χ2n) is 6.37. The standard InChI is InChI=1S/C22H20FNO4/c1-15-11-20(16(2)24(15)13-19-7-4-10-27-19)21(25)14-28-22(26)9-8-17-5-3-6-18(23)12-17/h3-12H,13-14H2,1-2H3. The van der Waals surface area contributed by atoms with Gasteiger partial charge in [0.15, 0.2) is 6.61 Å². The Morgan fingerprint density at radius 3 is 2.71 bits per heavy atom. The quantitative estimate of drug-likeness (QED) is 0.347. The van der Waals surface area contributed by atoms with Gasteiger partial charge in [0.25, 0.3) is 0 Å². The molecule has 5 nitrogen and oxygen atoms in total. The average molecular weight is 381 g/mol. The first-order valence-corrected chi connectivity index (χ1v) is 8.77. The summed E-state index contributed by atoms with van der Waals surface area (Å²) < 4.78 is 25.5. The highest BCUT2D eigenvalue weighted by molar-refractivity contribution is 6.00. The molecule has 28 heavy (non-hydrogen) atoms. The fourth-order valence-corrected chi connectivity index (χ4v) is 2.92. The number of nitrogens with zero attached hydrogens (tertiary/aromatic N) is 1. The minimum atomic E-state index is -0.665. The molecule has 3 aromatic rings. The molecule has 0 amide bonds. The zero-order chi connectivity index (χ0) is 20.1. The number of halogens is 1. The first-order chi connectivity index (χ1) is 13.4. The smallest absolute Gasteiger partial charge is 0.331 e. The van der Waals surface area contributed by atoms with Gasteiger partial charge in [-0.1, -0.05) is 12.1 Å². The maximum Gasteiger partial charge on any atom is 0.331 e. The normalized spacial score (nSPS) is 11.1. The Hall–Kier alpha value is -3.41. The van der Waals surface area contributed by atoms with Gasteiger partial charge >= 0.3 is 5.97 Å². The maximum atomic E-state index is 13.1. The van der Waals surface area contributed by atoms with Crippen molar-refractivity contribution in [2.24, 2.45) is 0 Å². The predicted octanol–water partition coefficient (Wildman–Crippen LogP) is 4.32. The van der Waals surface area contributed by atoms with Crippen LogP contribution in [0.25, 0.3) is 6.08 Å². The Morgan fingerprint density at radius 1 is 1.18 bits per heavy atom. The van der Waals surface area contributed by atoms with Gasteiger partial charge in [-0.25, -0.2) is 9.18 Å². The molecule has 3 rings (SSSR count). The summed E-state index contributed by atoms with van der Waals surface area (Å²) in [6.45, 7) is 3.90. The molecule has 0 saturated carbocycles. The summed E-state index contributed by atoms with van der Waals surface area (Å²) in [6, 6.07) is 11.3. The fraction of sp³-hybridized carbons (Fsp3) is 0.182. The first-order valence-electron chi connectivity index (χ1n) is 8.77. The SMILES string of the molecule is Cc1cc(C(=O)COC(=O)C=Cc2cccc(F)c2)c(C)n1Cc1ccco1. The van der Waals surface area contributed by atoms with Crippen molar-refractivity contribution < 1.29 is 23.1 Å². The van der Waals surface area contributed by atoms with E-state index in [2.05, 4.69) is 0 Å². The zero-order valence-electron chi connectivity index (χ0n) is 15.6. The van der Waals surface area contributed by atoms with Gasteiger partial charge in [-0.15, -0.1) is 0 Å². The van der Waals surface area contributed by atoms with Crippen LogP contribution in [0.4, 0.5) is 4.39 Å². The lowest BCUT2D eigenvalue weighted by Crippen LogP contribution is -2.13. The molecule has 6 heteroatoms. The third kappa shape index (κ3) is 4.65. The van der Waals surface area contributed by atoms with Crippen molar-refractivity contribution in [2.75, 3.05) is 6.61 Å². The minimum Gasteiger partial charge on any atom is -0.467 e. The number of esters is 1. The zero-order valence-corrected chi connectivity index (χ0v) is 15.6. The largest absolute Gasteiger partial charge is 0.467 e. The summed E-state index contributed by atoms with van der Waals surface area (Å²) in [5.74, 6) is -0.557. The van der Waals surface area contributed by atoms with Gasteiger partial charge in [-0.2, -0.15) is 0 Å². The molecule has 0 N–H and O–H groups in total. The van der Waals surface area contributed by atoms with Crippen molar-refractivity contribution in [1.29, 1.82) is 0 Å². The van der Waals surface area contributed by atoms with Crippen LogP contribution in [0.15, 0.2) is 59.2 Å². The number of furan rings is 1. The molecule has 0 unspecified atom stereocenters. The lowest BCUT2D eigenvalue weighted by molar-refractivity contribution is -0.136. The van der Waals surface area contributed by atoms with Gasteiger partial charge in [-0.3, -0.25) is 4.79 Å². The number of benzene rings is 1. The highest BCUT2D eigenvalue weighted by atomic mass is 19.1. The van der Waals surface area contributed by atoms with E-state index >= 15 is 0 Å². The van der Waals surface area contributed by atoms with Crippen LogP contribution in [0.3, 0.4) is 0 Å². The molecule has 0 aliphatic carbocycles. The first kappa shape index (κ1) is 19.4. The Morgan fingerprint density at radius 2 is 2.00 bits per heavy atom. The van der Waals surface area contributed by atoms with Crippen molar-refractivity contribution in [3.05, 3.63) is 88.9 Å². The van der Waals surface area contributed by atoms with Gasteiger partial charge in [0.1, 0.15) is 11.6 Å². The fourth-order valence-electron chi connectivity index (χ4n) is 2.92. The van der Waals surface area contributed by atoms with Crippen LogP contribution in [-0.4, -0.2) is 22.9 Å². The molecule has 2 heterocycles. The minimum absolute atomic E-state index is 0.286. The second-order valence-corrected chi connectivity index (χ2v) is 6.37. The predicted molar refractivity (Wildman–Crippen MR) is 102 cm³/mol. The molecule has 0 aliphatic rings. The molecule has 0 bridgehead atoms. The monoisotopic (exact) mass is 381 g/mol. The number of rotatable bonds is 7. The molecule has 0 aliphatic heterocycles. The molecule has 144 valence electrons. The Balaban J connectivity index is 1.61. The molecular formula is C22H20FNO4. The van der Waals surface area contributed by atoms with Crippen LogP contribution in [0.1, 0.15) is 33.1 Å².